The standard InChI is InChI=1S/C24H24N6/c1-18-12-13-21(26-14-18)29-23-22(25)24(28-17-27-23)30(15-19-8-4-2-5-9-19)16-20-10-6-3-7-11-20/h2-14,17H,15-16,25H2,1H3,(H,26,27,28,29). The summed E-state index contributed by atoms with van der Waals surface area (Å²) in [6.45, 7) is 3.36. The molecule has 0 fully saturated rings. The maximum atomic E-state index is 6.51. The van der Waals surface area contributed by atoms with Gasteiger partial charge < -0.3 is 16.0 Å². The monoisotopic (exact) mass is 396 g/mol. The van der Waals surface area contributed by atoms with Crippen molar-refractivity contribution in [1.82, 2.24) is 15.0 Å². The van der Waals surface area contributed by atoms with E-state index in [-0.39, 0.29) is 0 Å². The van der Waals surface area contributed by atoms with Crippen LogP contribution in [0.5, 0.6) is 0 Å². The Balaban J connectivity index is 1.66. The van der Waals surface area contributed by atoms with Crippen LogP contribution in [0.15, 0.2) is 85.3 Å². The van der Waals surface area contributed by atoms with Crippen LogP contribution in [0.1, 0.15) is 16.7 Å². The van der Waals surface area contributed by atoms with Crippen LogP contribution >= 0.6 is 0 Å². The summed E-state index contributed by atoms with van der Waals surface area (Å²) in [5.41, 5.74) is 10.5. The highest BCUT2D eigenvalue weighted by molar-refractivity contribution is 5.77. The first-order chi connectivity index (χ1) is 14.7. The van der Waals surface area contributed by atoms with Gasteiger partial charge in [-0.1, -0.05) is 66.7 Å². The quantitative estimate of drug-likeness (QED) is 0.471. The molecule has 0 amide bonds. The number of aromatic nitrogens is 3. The molecule has 6 heteroatoms. The lowest BCUT2D eigenvalue weighted by Gasteiger charge is -2.26. The molecule has 3 N–H and O–H groups in total. The van der Waals surface area contributed by atoms with Crippen LogP contribution < -0.4 is 16.0 Å². The number of benzene rings is 2. The van der Waals surface area contributed by atoms with Crippen molar-refractivity contribution in [3.05, 3.63) is 102 Å². The highest BCUT2D eigenvalue weighted by atomic mass is 15.2. The first kappa shape index (κ1) is 19.4. The second kappa shape index (κ2) is 9.05. The van der Waals surface area contributed by atoms with E-state index in [2.05, 4.69) is 49.4 Å². The summed E-state index contributed by atoms with van der Waals surface area (Å²) in [6.07, 6.45) is 3.34. The fourth-order valence-corrected chi connectivity index (χ4v) is 3.21. The van der Waals surface area contributed by atoms with Crippen molar-refractivity contribution in [3.63, 3.8) is 0 Å². The van der Waals surface area contributed by atoms with Crippen molar-refractivity contribution >= 4 is 23.1 Å². The number of nitrogen functional groups attached to an aromatic ring is 1. The molecule has 0 aliphatic rings. The average Bonchev–Trinajstić information content (AvgIpc) is 2.78. The molecule has 2 aromatic carbocycles. The normalized spacial score (nSPS) is 10.6. The molecule has 0 atom stereocenters. The fraction of sp³-hybridized carbons (Fsp3) is 0.125. The number of nitrogens with one attached hydrogen (secondary N) is 1. The van der Waals surface area contributed by atoms with Gasteiger partial charge in [-0.15, -0.1) is 0 Å². The molecule has 30 heavy (non-hydrogen) atoms. The van der Waals surface area contributed by atoms with Crippen LogP contribution in [0.25, 0.3) is 0 Å². The van der Waals surface area contributed by atoms with E-state index in [4.69, 9.17) is 5.73 Å². The van der Waals surface area contributed by atoms with Gasteiger partial charge in [0.2, 0.25) is 0 Å². The number of rotatable bonds is 7. The number of nitrogens with two attached hydrogens (primary N) is 1. The summed E-state index contributed by atoms with van der Waals surface area (Å²) >= 11 is 0. The minimum absolute atomic E-state index is 0.492. The maximum Gasteiger partial charge on any atom is 0.160 e. The van der Waals surface area contributed by atoms with E-state index in [0.717, 1.165) is 5.56 Å². The summed E-state index contributed by atoms with van der Waals surface area (Å²) in [5, 5.41) is 3.21. The van der Waals surface area contributed by atoms with E-state index >= 15 is 0 Å². The van der Waals surface area contributed by atoms with E-state index < -0.39 is 0 Å². The van der Waals surface area contributed by atoms with Gasteiger partial charge in [0.25, 0.3) is 0 Å². The summed E-state index contributed by atoms with van der Waals surface area (Å²) in [4.78, 5) is 15.4. The van der Waals surface area contributed by atoms with Crippen LogP contribution in [0.2, 0.25) is 0 Å². The van der Waals surface area contributed by atoms with Crippen LogP contribution in [-0.2, 0) is 13.1 Å². The van der Waals surface area contributed by atoms with Crippen molar-refractivity contribution in [3.8, 4) is 0 Å². The molecule has 0 unspecified atom stereocenters. The fourth-order valence-electron chi connectivity index (χ4n) is 3.21. The number of nitrogens with zero attached hydrogens (tertiary/aromatic N) is 4. The molecule has 0 spiro atoms. The Kier molecular flexibility index (Phi) is 5.85. The Morgan fingerprint density at radius 3 is 2.00 bits per heavy atom. The number of hydrogen-bond donors (Lipinski definition) is 2. The minimum atomic E-state index is 0.492. The third-order valence-corrected chi connectivity index (χ3v) is 4.75. The summed E-state index contributed by atoms with van der Waals surface area (Å²) in [7, 11) is 0. The molecule has 0 radical (unpaired) electrons. The zero-order valence-corrected chi connectivity index (χ0v) is 16.9. The Morgan fingerprint density at radius 2 is 1.43 bits per heavy atom. The van der Waals surface area contributed by atoms with Crippen LogP contribution in [0, 0.1) is 6.92 Å². The lowest BCUT2D eigenvalue weighted by atomic mass is 10.1. The third kappa shape index (κ3) is 4.72. The molecule has 0 saturated heterocycles. The average molecular weight is 396 g/mol. The molecule has 0 bridgehead atoms. The summed E-state index contributed by atoms with van der Waals surface area (Å²) < 4.78 is 0. The minimum Gasteiger partial charge on any atom is -0.393 e. The molecule has 2 aromatic heterocycles. The van der Waals surface area contributed by atoms with Crippen LogP contribution in [0.4, 0.5) is 23.1 Å². The second-order valence-electron chi connectivity index (χ2n) is 7.13. The molecule has 150 valence electrons. The summed E-state index contributed by atoms with van der Waals surface area (Å²) in [5.74, 6) is 1.92. The Hall–Kier alpha value is -3.93. The Bertz CT molecular complexity index is 1040. The topological polar surface area (TPSA) is 80.0 Å². The first-order valence-electron chi connectivity index (χ1n) is 9.82. The maximum absolute atomic E-state index is 6.51. The predicted octanol–water partition coefficient (Wildman–Crippen LogP) is 4.71. The smallest absolute Gasteiger partial charge is 0.160 e. The molecule has 4 aromatic rings. The van der Waals surface area contributed by atoms with Crippen molar-refractivity contribution in [2.75, 3.05) is 16.0 Å². The van der Waals surface area contributed by atoms with Crippen LogP contribution in [0.3, 0.4) is 0 Å². The van der Waals surface area contributed by atoms with Crippen molar-refractivity contribution in [1.29, 1.82) is 0 Å². The van der Waals surface area contributed by atoms with E-state index in [1.807, 2.05) is 55.5 Å². The number of hydrogen-bond acceptors (Lipinski definition) is 6. The molecule has 0 saturated carbocycles. The largest absolute Gasteiger partial charge is 0.393 e. The molecule has 6 nitrogen and oxygen atoms in total. The summed E-state index contributed by atoms with van der Waals surface area (Å²) in [6, 6.07) is 24.5. The molecular formula is C24H24N6. The Morgan fingerprint density at radius 1 is 0.800 bits per heavy atom. The van der Waals surface area contributed by atoms with E-state index in [1.54, 1.807) is 6.20 Å². The number of pyridine rings is 1. The van der Waals surface area contributed by atoms with Crippen LogP contribution in [-0.4, -0.2) is 15.0 Å². The molecule has 0 aliphatic heterocycles. The molecular weight excluding hydrogens is 372 g/mol. The number of anilines is 4. The van der Waals surface area contributed by atoms with Gasteiger partial charge in [0, 0.05) is 19.3 Å². The third-order valence-electron chi connectivity index (χ3n) is 4.75. The number of aryl methyl sites for hydroxylation is 1. The lowest BCUT2D eigenvalue weighted by Crippen LogP contribution is -2.24. The highest BCUT2D eigenvalue weighted by Gasteiger charge is 2.17. The van der Waals surface area contributed by atoms with Gasteiger partial charge >= 0.3 is 0 Å². The van der Waals surface area contributed by atoms with Crippen molar-refractivity contribution < 1.29 is 0 Å². The zero-order chi connectivity index (χ0) is 20.8. The van der Waals surface area contributed by atoms with E-state index in [0.29, 0.717) is 36.2 Å². The highest BCUT2D eigenvalue weighted by Crippen LogP contribution is 2.30. The predicted molar refractivity (Wildman–Crippen MR) is 121 cm³/mol. The van der Waals surface area contributed by atoms with Gasteiger partial charge in [-0.3, -0.25) is 0 Å². The molecule has 2 heterocycles. The van der Waals surface area contributed by atoms with E-state index in [1.165, 1.54) is 17.5 Å². The van der Waals surface area contributed by atoms with E-state index in [9.17, 15) is 0 Å². The van der Waals surface area contributed by atoms with Gasteiger partial charge in [-0.25, -0.2) is 15.0 Å². The van der Waals surface area contributed by atoms with Gasteiger partial charge in [0.15, 0.2) is 11.6 Å². The second-order valence-corrected chi connectivity index (χ2v) is 7.13. The Labute approximate surface area is 176 Å². The SMILES string of the molecule is Cc1ccc(Nc2ncnc(N(Cc3ccccc3)Cc3ccccc3)c2N)nc1. The lowest BCUT2D eigenvalue weighted by molar-refractivity contribution is 0.782. The zero-order valence-electron chi connectivity index (χ0n) is 16.9. The van der Waals surface area contributed by atoms with Gasteiger partial charge in [0.05, 0.1) is 0 Å². The van der Waals surface area contributed by atoms with Crippen molar-refractivity contribution in [2.45, 2.75) is 20.0 Å². The molecule has 0 aliphatic carbocycles. The van der Waals surface area contributed by atoms with Crippen molar-refractivity contribution in [2.24, 2.45) is 0 Å². The van der Waals surface area contributed by atoms with Gasteiger partial charge in [-0.05, 0) is 29.7 Å². The van der Waals surface area contributed by atoms with Gasteiger partial charge in [-0.2, -0.15) is 0 Å². The first-order valence-corrected chi connectivity index (χ1v) is 9.82. The van der Waals surface area contributed by atoms with Gasteiger partial charge in [0.1, 0.15) is 17.8 Å². The molecule has 4 rings (SSSR count).